The van der Waals surface area contributed by atoms with Gasteiger partial charge in [-0.2, -0.15) is 13.2 Å². The molecule has 0 aliphatic carbocycles. The van der Waals surface area contributed by atoms with Crippen LogP contribution >= 0.6 is 11.6 Å². The highest BCUT2D eigenvalue weighted by Gasteiger charge is 2.34. The van der Waals surface area contributed by atoms with Crippen molar-refractivity contribution in [2.24, 2.45) is 0 Å². The first-order valence-electron chi connectivity index (χ1n) is 8.09. The van der Waals surface area contributed by atoms with Crippen molar-refractivity contribution in [3.8, 4) is 0 Å². The van der Waals surface area contributed by atoms with Crippen LogP contribution in [0.1, 0.15) is 33.4 Å². The molecule has 1 aliphatic heterocycles. The van der Waals surface area contributed by atoms with Gasteiger partial charge in [0.2, 0.25) is 0 Å². The number of aromatic nitrogens is 1. The minimum atomic E-state index is -4.54. The topological polar surface area (TPSA) is 45.2 Å². The zero-order valence-corrected chi connectivity index (χ0v) is 14.7. The van der Waals surface area contributed by atoms with Gasteiger partial charge >= 0.3 is 6.18 Å². The number of hydrogen-bond donors (Lipinski definition) is 1. The summed E-state index contributed by atoms with van der Waals surface area (Å²) in [4.78, 5) is 18.2. The number of hydrogen-bond acceptors (Lipinski definition) is 3. The van der Waals surface area contributed by atoms with Gasteiger partial charge in [-0.3, -0.25) is 4.79 Å². The van der Waals surface area contributed by atoms with Crippen molar-refractivity contribution < 1.29 is 18.0 Å². The number of benzene rings is 1. The number of halogens is 4. The molecule has 4 nitrogen and oxygen atoms in total. The Kier molecular flexibility index (Phi) is 5.20. The highest BCUT2D eigenvalue weighted by molar-refractivity contribution is 6.30. The molecule has 1 saturated heterocycles. The van der Waals surface area contributed by atoms with Crippen molar-refractivity contribution >= 4 is 17.5 Å². The molecule has 2 heterocycles. The fraction of sp³-hybridized carbons (Fsp3) is 0.333. The van der Waals surface area contributed by atoms with Gasteiger partial charge in [-0.25, -0.2) is 4.98 Å². The van der Waals surface area contributed by atoms with Crippen LogP contribution in [0.3, 0.4) is 0 Å². The van der Waals surface area contributed by atoms with Crippen LogP contribution in [-0.2, 0) is 6.18 Å². The van der Waals surface area contributed by atoms with E-state index in [9.17, 15) is 18.0 Å². The van der Waals surface area contributed by atoms with Crippen molar-refractivity contribution in [1.82, 2.24) is 15.2 Å². The quantitative estimate of drug-likeness (QED) is 0.856. The molecule has 1 aromatic carbocycles. The Labute approximate surface area is 154 Å². The van der Waals surface area contributed by atoms with Crippen LogP contribution in [0.25, 0.3) is 0 Å². The molecule has 1 aromatic heterocycles. The minimum Gasteiger partial charge on any atom is -0.329 e. The molecule has 0 saturated carbocycles. The van der Waals surface area contributed by atoms with Gasteiger partial charge < -0.3 is 10.2 Å². The van der Waals surface area contributed by atoms with Crippen molar-refractivity contribution in [3.63, 3.8) is 0 Å². The Morgan fingerprint density at radius 2 is 2.08 bits per heavy atom. The summed E-state index contributed by atoms with van der Waals surface area (Å²) in [6.45, 7) is 3.00. The Bertz CT molecular complexity index is 826. The average molecular weight is 384 g/mol. The zero-order chi connectivity index (χ0) is 18.9. The third-order valence-corrected chi connectivity index (χ3v) is 4.58. The summed E-state index contributed by atoms with van der Waals surface area (Å²) in [5.41, 5.74) is 0.106. The number of rotatable bonds is 2. The molecular formula is C18H17ClF3N3O. The van der Waals surface area contributed by atoms with Crippen LogP contribution in [0.15, 0.2) is 36.4 Å². The lowest BCUT2D eigenvalue weighted by atomic mass is 10.0. The molecule has 1 fully saturated rings. The van der Waals surface area contributed by atoms with E-state index in [0.29, 0.717) is 24.7 Å². The van der Waals surface area contributed by atoms with E-state index in [1.807, 2.05) is 6.07 Å². The maximum Gasteiger partial charge on any atom is 0.433 e. The molecule has 1 N–H and O–H groups in total. The number of nitrogens with zero attached hydrogens (tertiary/aromatic N) is 2. The molecule has 1 amide bonds. The molecule has 1 atom stereocenters. The lowest BCUT2D eigenvalue weighted by Crippen LogP contribution is -2.48. The second-order valence-corrected chi connectivity index (χ2v) is 6.54. The molecule has 1 unspecified atom stereocenters. The third kappa shape index (κ3) is 3.83. The van der Waals surface area contributed by atoms with Gasteiger partial charge in [-0.15, -0.1) is 0 Å². The summed E-state index contributed by atoms with van der Waals surface area (Å²) >= 11 is 6.05. The van der Waals surface area contributed by atoms with Crippen LogP contribution in [0, 0.1) is 6.92 Å². The van der Waals surface area contributed by atoms with E-state index >= 15 is 0 Å². The molecule has 2 aromatic rings. The van der Waals surface area contributed by atoms with Crippen LogP contribution in [-0.4, -0.2) is 35.4 Å². The molecule has 0 spiro atoms. The third-order valence-electron chi connectivity index (χ3n) is 4.34. The lowest BCUT2D eigenvalue weighted by molar-refractivity contribution is -0.141. The number of aryl methyl sites for hydroxylation is 1. The van der Waals surface area contributed by atoms with Crippen molar-refractivity contribution in [3.05, 3.63) is 63.9 Å². The number of amides is 1. The Hall–Kier alpha value is -2.12. The van der Waals surface area contributed by atoms with E-state index in [1.54, 1.807) is 23.1 Å². The van der Waals surface area contributed by atoms with Gasteiger partial charge in [0.05, 0.1) is 17.3 Å². The first-order chi connectivity index (χ1) is 12.3. The van der Waals surface area contributed by atoms with Crippen LogP contribution in [0.5, 0.6) is 0 Å². The average Bonchev–Trinajstić information content (AvgIpc) is 2.60. The predicted octanol–water partition coefficient (Wildman–Crippen LogP) is 3.85. The fourth-order valence-electron chi connectivity index (χ4n) is 3.06. The van der Waals surface area contributed by atoms with Gasteiger partial charge in [0, 0.05) is 24.7 Å². The standard InChI is InChI=1S/C18H17ClF3N3O/c1-11-14(5-6-16(24-11)18(20,21)22)17(26)25-8-7-23-10-15(25)12-3-2-4-13(19)9-12/h2-6,9,15,23H,7-8,10H2,1H3. The number of pyridine rings is 1. The number of piperazine rings is 1. The smallest absolute Gasteiger partial charge is 0.329 e. The predicted molar refractivity (Wildman–Crippen MR) is 92.1 cm³/mol. The maximum absolute atomic E-state index is 13.0. The Balaban J connectivity index is 1.92. The normalized spacial score (nSPS) is 18.0. The monoisotopic (exact) mass is 383 g/mol. The first-order valence-corrected chi connectivity index (χ1v) is 8.47. The molecule has 3 rings (SSSR count). The van der Waals surface area contributed by atoms with Gasteiger partial charge in [0.1, 0.15) is 5.69 Å². The highest BCUT2D eigenvalue weighted by atomic mass is 35.5. The molecule has 1 aliphatic rings. The summed E-state index contributed by atoms with van der Waals surface area (Å²) in [5, 5.41) is 3.79. The van der Waals surface area contributed by atoms with Crippen molar-refractivity contribution in [2.75, 3.05) is 19.6 Å². The van der Waals surface area contributed by atoms with Crippen LogP contribution in [0.4, 0.5) is 13.2 Å². The fourth-order valence-corrected chi connectivity index (χ4v) is 3.26. The lowest BCUT2D eigenvalue weighted by Gasteiger charge is -2.37. The van der Waals surface area contributed by atoms with Crippen LogP contribution in [0.2, 0.25) is 5.02 Å². The molecular weight excluding hydrogens is 367 g/mol. The second-order valence-electron chi connectivity index (χ2n) is 6.10. The summed E-state index contributed by atoms with van der Waals surface area (Å²) < 4.78 is 38.4. The molecule has 26 heavy (non-hydrogen) atoms. The summed E-state index contributed by atoms with van der Waals surface area (Å²) in [5.74, 6) is -0.338. The SMILES string of the molecule is Cc1nc(C(F)(F)F)ccc1C(=O)N1CCNCC1c1cccc(Cl)c1. The number of carbonyl (C=O) groups excluding carboxylic acids is 1. The summed E-state index contributed by atoms with van der Waals surface area (Å²) in [6.07, 6.45) is -4.54. The number of nitrogens with one attached hydrogen (secondary N) is 1. The number of carbonyl (C=O) groups is 1. The Morgan fingerprint density at radius 3 is 2.73 bits per heavy atom. The Morgan fingerprint density at radius 1 is 1.31 bits per heavy atom. The van der Waals surface area contributed by atoms with E-state index in [2.05, 4.69) is 10.3 Å². The van der Waals surface area contributed by atoms with E-state index in [4.69, 9.17) is 11.6 Å². The molecule has 138 valence electrons. The van der Waals surface area contributed by atoms with E-state index < -0.39 is 11.9 Å². The molecule has 8 heteroatoms. The van der Waals surface area contributed by atoms with E-state index in [-0.39, 0.29) is 23.2 Å². The van der Waals surface area contributed by atoms with Gasteiger partial charge in [-0.05, 0) is 36.8 Å². The van der Waals surface area contributed by atoms with E-state index in [1.165, 1.54) is 13.0 Å². The first kappa shape index (κ1) is 18.7. The minimum absolute atomic E-state index is 0.0631. The molecule has 0 radical (unpaired) electrons. The highest BCUT2D eigenvalue weighted by Crippen LogP contribution is 2.30. The zero-order valence-electron chi connectivity index (χ0n) is 14.0. The maximum atomic E-state index is 13.0. The second kappa shape index (κ2) is 7.25. The number of alkyl halides is 3. The van der Waals surface area contributed by atoms with Gasteiger partial charge in [0.25, 0.3) is 5.91 Å². The summed E-state index contributed by atoms with van der Waals surface area (Å²) in [6, 6.07) is 9.01. The van der Waals surface area contributed by atoms with Crippen LogP contribution < -0.4 is 5.32 Å². The largest absolute Gasteiger partial charge is 0.433 e. The molecule has 0 bridgehead atoms. The van der Waals surface area contributed by atoms with Crippen molar-refractivity contribution in [2.45, 2.75) is 19.1 Å². The van der Waals surface area contributed by atoms with Gasteiger partial charge in [0.15, 0.2) is 0 Å². The van der Waals surface area contributed by atoms with Crippen molar-refractivity contribution in [1.29, 1.82) is 0 Å². The van der Waals surface area contributed by atoms with Gasteiger partial charge in [-0.1, -0.05) is 23.7 Å². The summed E-state index contributed by atoms with van der Waals surface area (Å²) in [7, 11) is 0. The van der Waals surface area contributed by atoms with E-state index in [0.717, 1.165) is 11.6 Å².